The predicted molar refractivity (Wildman–Crippen MR) is 114 cm³/mol. The number of hydrogen-bond acceptors (Lipinski definition) is 2. The van der Waals surface area contributed by atoms with Crippen LogP contribution in [0, 0.1) is 0 Å². The van der Waals surface area contributed by atoms with Crippen molar-refractivity contribution in [2.45, 2.75) is 32.6 Å². The van der Waals surface area contributed by atoms with Gasteiger partial charge in [0.2, 0.25) is 0 Å². The largest absolute Gasteiger partial charge is 0.375 e. The van der Waals surface area contributed by atoms with E-state index in [1.54, 1.807) is 0 Å². The molecule has 0 atom stereocenters. The van der Waals surface area contributed by atoms with Crippen molar-refractivity contribution in [2.75, 3.05) is 18.5 Å². The highest BCUT2D eigenvalue weighted by atomic mass is 32.1. The highest BCUT2D eigenvalue weighted by Gasteiger charge is 2.07. The third-order valence-corrected chi connectivity index (χ3v) is 5.99. The van der Waals surface area contributed by atoms with Gasteiger partial charge in [-0.1, -0.05) is 38.3 Å². The minimum absolute atomic E-state index is 1.13. The second-order valence-electron chi connectivity index (χ2n) is 6.95. The molecule has 0 saturated carbocycles. The summed E-state index contributed by atoms with van der Waals surface area (Å²) in [5.74, 6) is 0. The first-order valence-corrected chi connectivity index (χ1v) is 10.4. The molecule has 0 unspecified atom stereocenters. The fourth-order valence-corrected chi connectivity index (χ4v) is 4.12. The zero-order chi connectivity index (χ0) is 18.4. The standard InChI is InChI=1S/C23H29N2S/c1-4-5-6-7-16-25(3)21-10-8-19(9-11-21)22-12-13-23(26-22)20-14-17-24(2)18-15-20/h8-15,17-18H,4-7,16H2,1-3H3/q+1. The smallest absolute Gasteiger partial charge is 0.169 e. The molecule has 2 nitrogen and oxygen atoms in total. The lowest BCUT2D eigenvalue weighted by atomic mass is 10.1. The van der Waals surface area contributed by atoms with E-state index in [0.29, 0.717) is 0 Å². The number of aromatic nitrogens is 1. The van der Waals surface area contributed by atoms with Crippen molar-refractivity contribution in [1.82, 2.24) is 0 Å². The van der Waals surface area contributed by atoms with Crippen LogP contribution in [0.4, 0.5) is 5.69 Å². The predicted octanol–water partition coefficient (Wildman–Crippen LogP) is 5.92. The topological polar surface area (TPSA) is 7.12 Å². The average molecular weight is 366 g/mol. The molecule has 0 aliphatic carbocycles. The molecule has 0 bridgehead atoms. The molecular weight excluding hydrogens is 336 g/mol. The van der Waals surface area contributed by atoms with Gasteiger partial charge in [-0.15, -0.1) is 11.3 Å². The third kappa shape index (κ3) is 4.73. The Bertz CT molecular complexity index is 803. The molecule has 3 aromatic rings. The van der Waals surface area contributed by atoms with Crippen molar-refractivity contribution in [3.8, 4) is 20.9 Å². The summed E-state index contributed by atoms with van der Waals surface area (Å²) in [7, 11) is 4.24. The molecule has 0 radical (unpaired) electrons. The second-order valence-corrected chi connectivity index (χ2v) is 8.03. The van der Waals surface area contributed by atoms with Gasteiger partial charge in [0.25, 0.3) is 0 Å². The van der Waals surface area contributed by atoms with E-state index in [1.165, 1.54) is 52.3 Å². The summed E-state index contributed by atoms with van der Waals surface area (Å²) in [6.45, 7) is 3.39. The van der Waals surface area contributed by atoms with Crippen molar-refractivity contribution in [3.05, 3.63) is 60.9 Å². The number of thiophene rings is 1. The van der Waals surface area contributed by atoms with Crippen molar-refractivity contribution < 1.29 is 4.57 Å². The quantitative estimate of drug-likeness (QED) is 0.355. The molecule has 3 heteroatoms. The molecule has 0 amide bonds. The van der Waals surface area contributed by atoms with Gasteiger partial charge in [0.15, 0.2) is 12.4 Å². The van der Waals surface area contributed by atoms with Crippen LogP contribution in [0.15, 0.2) is 60.9 Å². The molecule has 136 valence electrons. The summed E-state index contributed by atoms with van der Waals surface area (Å²) < 4.78 is 2.06. The SMILES string of the molecule is CCCCCCN(C)c1ccc(-c2ccc(-c3cc[n+](C)cc3)s2)cc1. The van der Waals surface area contributed by atoms with E-state index in [2.05, 4.69) is 84.4 Å². The van der Waals surface area contributed by atoms with Crippen LogP contribution in [-0.4, -0.2) is 13.6 Å². The number of aryl methyl sites for hydroxylation is 1. The van der Waals surface area contributed by atoms with Crippen LogP contribution in [0.3, 0.4) is 0 Å². The maximum Gasteiger partial charge on any atom is 0.169 e. The fourth-order valence-electron chi connectivity index (χ4n) is 3.10. The zero-order valence-electron chi connectivity index (χ0n) is 16.1. The van der Waals surface area contributed by atoms with E-state index < -0.39 is 0 Å². The van der Waals surface area contributed by atoms with Crippen LogP contribution in [0.25, 0.3) is 20.9 Å². The van der Waals surface area contributed by atoms with E-state index in [0.717, 1.165) is 6.54 Å². The van der Waals surface area contributed by atoms with Gasteiger partial charge in [-0.3, -0.25) is 0 Å². The number of unbranched alkanes of at least 4 members (excludes halogenated alkanes) is 3. The molecule has 0 N–H and O–H groups in total. The Labute approximate surface area is 161 Å². The van der Waals surface area contributed by atoms with Crippen molar-refractivity contribution >= 4 is 17.0 Å². The Kier molecular flexibility index (Phi) is 6.45. The number of rotatable bonds is 8. The first-order chi connectivity index (χ1) is 12.7. The number of pyridine rings is 1. The lowest BCUT2D eigenvalue weighted by molar-refractivity contribution is -0.671. The van der Waals surface area contributed by atoms with E-state index in [-0.39, 0.29) is 0 Å². The Hall–Kier alpha value is -2.13. The Morgan fingerprint density at radius 3 is 2.04 bits per heavy atom. The van der Waals surface area contributed by atoms with E-state index in [9.17, 15) is 0 Å². The normalized spacial score (nSPS) is 10.9. The van der Waals surface area contributed by atoms with Gasteiger partial charge in [-0.2, -0.15) is 0 Å². The lowest BCUT2D eigenvalue weighted by Crippen LogP contribution is -2.25. The Morgan fingerprint density at radius 2 is 1.42 bits per heavy atom. The van der Waals surface area contributed by atoms with Crippen molar-refractivity contribution in [3.63, 3.8) is 0 Å². The summed E-state index contributed by atoms with van der Waals surface area (Å²) in [5.41, 5.74) is 3.88. The second kappa shape index (κ2) is 9.00. The molecule has 0 aliphatic heterocycles. The third-order valence-electron chi connectivity index (χ3n) is 4.81. The van der Waals surface area contributed by atoms with Crippen LogP contribution >= 0.6 is 11.3 Å². The van der Waals surface area contributed by atoms with E-state index in [4.69, 9.17) is 0 Å². The first-order valence-electron chi connectivity index (χ1n) is 9.54. The highest BCUT2D eigenvalue weighted by molar-refractivity contribution is 7.18. The molecule has 0 spiro atoms. The van der Waals surface area contributed by atoms with Crippen LogP contribution < -0.4 is 9.47 Å². The van der Waals surface area contributed by atoms with Gasteiger partial charge in [0.05, 0.1) is 0 Å². The molecule has 0 saturated heterocycles. The summed E-state index contributed by atoms with van der Waals surface area (Å²) in [5, 5.41) is 0. The lowest BCUT2D eigenvalue weighted by Gasteiger charge is -2.19. The van der Waals surface area contributed by atoms with Gasteiger partial charge in [-0.25, -0.2) is 4.57 Å². The first kappa shape index (κ1) is 18.7. The summed E-state index contributed by atoms with van der Waals surface area (Å²) in [6.07, 6.45) is 9.43. The van der Waals surface area contributed by atoms with Gasteiger partial charge < -0.3 is 4.90 Å². The molecule has 0 fully saturated rings. The molecular formula is C23H29N2S+. The summed E-state index contributed by atoms with van der Waals surface area (Å²) in [4.78, 5) is 5.01. The maximum atomic E-state index is 2.36. The Balaban J connectivity index is 1.66. The zero-order valence-corrected chi connectivity index (χ0v) is 16.9. The molecule has 2 aromatic heterocycles. The van der Waals surface area contributed by atoms with Gasteiger partial charge in [-0.05, 0) is 36.2 Å². The molecule has 26 heavy (non-hydrogen) atoms. The van der Waals surface area contributed by atoms with Crippen molar-refractivity contribution in [1.29, 1.82) is 0 Å². The molecule has 0 aliphatic rings. The number of anilines is 1. The minimum atomic E-state index is 1.13. The molecule has 1 aromatic carbocycles. The van der Waals surface area contributed by atoms with Crippen LogP contribution in [-0.2, 0) is 7.05 Å². The monoisotopic (exact) mass is 365 g/mol. The number of nitrogens with zero attached hydrogens (tertiary/aromatic N) is 2. The Morgan fingerprint density at radius 1 is 0.808 bits per heavy atom. The minimum Gasteiger partial charge on any atom is -0.375 e. The summed E-state index contributed by atoms with van der Waals surface area (Å²) in [6, 6.07) is 17.8. The average Bonchev–Trinajstić information content (AvgIpc) is 3.16. The van der Waals surface area contributed by atoms with Crippen LogP contribution in [0.1, 0.15) is 32.6 Å². The molecule has 2 heterocycles. The number of benzene rings is 1. The van der Waals surface area contributed by atoms with E-state index in [1.807, 2.05) is 18.4 Å². The van der Waals surface area contributed by atoms with Crippen LogP contribution in [0.2, 0.25) is 0 Å². The van der Waals surface area contributed by atoms with E-state index >= 15 is 0 Å². The van der Waals surface area contributed by atoms with Crippen molar-refractivity contribution in [2.24, 2.45) is 7.05 Å². The van der Waals surface area contributed by atoms with Gasteiger partial charge in [0.1, 0.15) is 7.05 Å². The van der Waals surface area contributed by atoms with Gasteiger partial charge >= 0.3 is 0 Å². The fraction of sp³-hybridized carbons (Fsp3) is 0.348. The highest BCUT2D eigenvalue weighted by Crippen LogP contribution is 2.34. The summed E-state index contributed by atoms with van der Waals surface area (Å²) >= 11 is 1.86. The number of hydrogen-bond donors (Lipinski definition) is 0. The van der Waals surface area contributed by atoms with Crippen LogP contribution in [0.5, 0.6) is 0 Å². The van der Waals surface area contributed by atoms with Gasteiger partial charge in [0, 0.05) is 46.7 Å². The molecule has 3 rings (SSSR count). The maximum absolute atomic E-state index is 2.36.